The molecule has 8 nitrogen and oxygen atoms in total. The van der Waals surface area contributed by atoms with Gasteiger partial charge in [-0.1, -0.05) is 23.7 Å². The van der Waals surface area contributed by atoms with E-state index in [0.717, 1.165) is 6.07 Å². The minimum Gasteiger partial charge on any atom is -0.276 e. The fourth-order valence-corrected chi connectivity index (χ4v) is 3.69. The SMILES string of the molecule is Cc1cc(S(=O)(=O)Nc2cnn(-c3ccccc3Cl)c2)ccc1[N+](=O)[O-]. The van der Waals surface area contributed by atoms with Crippen LogP contribution in [0.15, 0.2) is 59.8 Å². The zero-order chi connectivity index (χ0) is 18.9. The summed E-state index contributed by atoms with van der Waals surface area (Å²) in [4.78, 5) is 10.2. The largest absolute Gasteiger partial charge is 0.276 e. The van der Waals surface area contributed by atoms with E-state index in [1.165, 1.54) is 36.1 Å². The van der Waals surface area contributed by atoms with Gasteiger partial charge in [0.25, 0.3) is 15.7 Å². The standard InChI is InChI=1S/C16H13ClN4O4S/c1-11-8-13(6-7-15(11)21(22)23)26(24,25)19-12-9-18-20(10-12)16-5-3-2-4-14(16)17/h2-10,19H,1H3. The summed E-state index contributed by atoms with van der Waals surface area (Å²) in [6.07, 6.45) is 2.83. The van der Waals surface area contributed by atoms with Crippen molar-refractivity contribution >= 4 is 33.0 Å². The van der Waals surface area contributed by atoms with Crippen LogP contribution in [0.4, 0.5) is 11.4 Å². The molecule has 3 rings (SSSR count). The molecule has 0 radical (unpaired) electrons. The lowest BCUT2D eigenvalue weighted by Crippen LogP contribution is -2.13. The lowest BCUT2D eigenvalue weighted by Gasteiger charge is -2.07. The number of nitrogens with zero attached hydrogens (tertiary/aromatic N) is 3. The maximum absolute atomic E-state index is 12.5. The van der Waals surface area contributed by atoms with E-state index in [2.05, 4.69) is 9.82 Å². The summed E-state index contributed by atoms with van der Waals surface area (Å²) in [6, 6.07) is 10.6. The number of aryl methyl sites for hydroxylation is 1. The van der Waals surface area contributed by atoms with Crippen LogP contribution >= 0.6 is 11.6 Å². The van der Waals surface area contributed by atoms with Gasteiger partial charge < -0.3 is 0 Å². The number of hydrogen-bond donors (Lipinski definition) is 1. The number of para-hydroxylation sites is 1. The van der Waals surface area contributed by atoms with Crippen molar-refractivity contribution in [3.05, 3.63) is 75.6 Å². The Labute approximate surface area is 154 Å². The summed E-state index contributed by atoms with van der Waals surface area (Å²) in [5, 5.41) is 15.4. The van der Waals surface area contributed by atoms with E-state index in [1.54, 1.807) is 24.3 Å². The highest BCUT2D eigenvalue weighted by Crippen LogP contribution is 2.24. The molecule has 1 N–H and O–H groups in total. The second-order valence-corrected chi connectivity index (χ2v) is 7.53. The van der Waals surface area contributed by atoms with Gasteiger partial charge in [0.1, 0.15) is 0 Å². The molecular weight excluding hydrogens is 380 g/mol. The Morgan fingerprint density at radius 1 is 1.23 bits per heavy atom. The van der Waals surface area contributed by atoms with Crippen LogP contribution < -0.4 is 4.72 Å². The van der Waals surface area contributed by atoms with Crippen LogP contribution in [0.1, 0.15) is 5.56 Å². The first-order valence-corrected chi connectivity index (χ1v) is 9.21. The summed E-state index contributed by atoms with van der Waals surface area (Å²) >= 11 is 6.10. The van der Waals surface area contributed by atoms with E-state index in [4.69, 9.17) is 11.6 Å². The van der Waals surface area contributed by atoms with E-state index in [0.29, 0.717) is 10.7 Å². The molecule has 0 saturated heterocycles. The molecule has 134 valence electrons. The monoisotopic (exact) mass is 392 g/mol. The Hall–Kier alpha value is -2.91. The van der Waals surface area contributed by atoms with Crippen molar-refractivity contribution in [1.29, 1.82) is 0 Å². The van der Waals surface area contributed by atoms with Gasteiger partial charge in [-0.15, -0.1) is 0 Å². The Balaban J connectivity index is 1.88. The molecule has 0 spiro atoms. The number of sulfonamides is 1. The van der Waals surface area contributed by atoms with Crippen molar-refractivity contribution in [1.82, 2.24) is 9.78 Å². The van der Waals surface area contributed by atoms with Gasteiger partial charge in [0.15, 0.2) is 0 Å². The molecule has 0 saturated carbocycles. The summed E-state index contributed by atoms with van der Waals surface area (Å²) in [7, 11) is -3.92. The van der Waals surface area contributed by atoms with Crippen LogP contribution in [0.3, 0.4) is 0 Å². The molecule has 2 aromatic carbocycles. The molecule has 0 amide bonds. The van der Waals surface area contributed by atoms with E-state index in [1.807, 2.05) is 0 Å². The third kappa shape index (κ3) is 3.53. The van der Waals surface area contributed by atoms with Gasteiger partial charge in [-0.3, -0.25) is 14.8 Å². The highest BCUT2D eigenvalue weighted by atomic mass is 35.5. The Bertz CT molecular complexity index is 1100. The quantitative estimate of drug-likeness (QED) is 0.527. The van der Waals surface area contributed by atoms with E-state index >= 15 is 0 Å². The summed E-state index contributed by atoms with van der Waals surface area (Å²) in [5.41, 5.74) is 0.951. The van der Waals surface area contributed by atoms with Gasteiger partial charge in [-0.25, -0.2) is 13.1 Å². The maximum Gasteiger partial charge on any atom is 0.272 e. The number of halogens is 1. The molecule has 0 fully saturated rings. The first-order valence-electron chi connectivity index (χ1n) is 7.35. The maximum atomic E-state index is 12.5. The number of nitro benzene ring substituents is 1. The summed E-state index contributed by atoms with van der Waals surface area (Å²) in [5.74, 6) is 0. The van der Waals surface area contributed by atoms with Crippen LogP contribution in [0.5, 0.6) is 0 Å². The van der Waals surface area contributed by atoms with Gasteiger partial charge in [0.2, 0.25) is 0 Å². The molecule has 1 aromatic heterocycles. The number of benzene rings is 2. The molecule has 1 heterocycles. The lowest BCUT2D eigenvalue weighted by atomic mass is 10.2. The van der Waals surface area contributed by atoms with Gasteiger partial charge >= 0.3 is 0 Å². The van der Waals surface area contributed by atoms with Crippen LogP contribution in [0.2, 0.25) is 5.02 Å². The van der Waals surface area contributed by atoms with Crippen molar-refractivity contribution in [3.8, 4) is 5.69 Å². The van der Waals surface area contributed by atoms with Gasteiger partial charge in [0.05, 0.1) is 38.6 Å². The molecule has 0 aliphatic carbocycles. The molecule has 0 unspecified atom stereocenters. The molecule has 0 atom stereocenters. The number of nitro groups is 1. The van der Waals surface area contributed by atoms with Crippen LogP contribution in [-0.2, 0) is 10.0 Å². The Morgan fingerprint density at radius 2 is 1.96 bits per heavy atom. The third-order valence-corrected chi connectivity index (χ3v) is 5.31. The van der Waals surface area contributed by atoms with Gasteiger partial charge in [-0.05, 0) is 31.2 Å². The third-order valence-electron chi connectivity index (χ3n) is 3.61. The molecular formula is C16H13ClN4O4S. The van der Waals surface area contributed by atoms with E-state index in [-0.39, 0.29) is 21.8 Å². The fourth-order valence-electron chi connectivity index (χ4n) is 2.36. The first kappa shape index (κ1) is 17.9. The molecule has 3 aromatic rings. The smallest absolute Gasteiger partial charge is 0.272 e. The normalized spacial score (nSPS) is 11.3. The van der Waals surface area contributed by atoms with Crippen LogP contribution in [-0.4, -0.2) is 23.1 Å². The van der Waals surface area contributed by atoms with E-state index in [9.17, 15) is 18.5 Å². The van der Waals surface area contributed by atoms with Crippen molar-refractivity contribution in [2.45, 2.75) is 11.8 Å². The molecule has 26 heavy (non-hydrogen) atoms. The lowest BCUT2D eigenvalue weighted by molar-refractivity contribution is -0.385. The van der Waals surface area contributed by atoms with Gasteiger partial charge in [-0.2, -0.15) is 5.10 Å². The van der Waals surface area contributed by atoms with Crippen molar-refractivity contribution in [2.75, 3.05) is 4.72 Å². The zero-order valence-electron chi connectivity index (χ0n) is 13.5. The highest BCUT2D eigenvalue weighted by molar-refractivity contribution is 7.92. The Kier molecular flexibility index (Phi) is 4.66. The Morgan fingerprint density at radius 3 is 2.62 bits per heavy atom. The van der Waals surface area contributed by atoms with Crippen molar-refractivity contribution < 1.29 is 13.3 Å². The second-order valence-electron chi connectivity index (χ2n) is 5.44. The molecule has 0 aliphatic heterocycles. The number of aromatic nitrogens is 2. The number of nitrogens with one attached hydrogen (secondary N) is 1. The molecule has 0 bridgehead atoms. The van der Waals surface area contributed by atoms with Gasteiger partial charge in [0, 0.05) is 11.6 Å². The van der Waals surface area contributed by atoms with Crippen LogP contribution in [0.25, 0.3) is 5.69 Å². The summed E-state index contributed by atoms with van der Waals surface area (Å²) in [6.45, 7) is 1.48. The van der Waals surface area contributed by atoms with Crippen LogP contribution in [0, 0.1) is 17.0 Å². The minimum absolute atomic E-state index is 0.0777. The summed E-state index contributed by atoms with van der Waals surface area (Å²) < 4.78 is 28.8. The first-order chi connectivity index (χ1) is 12.3. The molecule has 10 heteroatoms. The second kappa shape index (κ2) is 6.77. The fraction of sp³-hybridized carbons (Fsp3) is 0.0625. The minimum atomic E-state index is -3.92. The van der Waals surface area contributed by atoms with Crippen molar-refractivity contribution in [3.63, 3.8) is 0 Å². The highest BCUT2D eigenvalue weighted by Gasteiger charge is 2.19. The average Bonchev–Trinajstić information content (AvgIpc) is 3.02. The number of rotatable bonds is 5. The van der Waals surface area contributed by atoms with Crippen molar-refractivity contribution in [2.24, 2.45) is 0 Å². The number of anilines is 1. The number of hydrogen-bond acceptors (Lipinski definition) is 5. The average molecular weight is 393 g/mol. The zero-order valence-corrected chi connectivity index (χ0v) is 15.0. The van der Waals surface area contributed by atoms with E-state index < -0.39 is 14.9 Å². The predicted octanol–water partition coefficient (Wildman–Crippen LogP) is 3.54. The predicted molar refractivity (Wildman–Crippen MR) is 97.2 cm³/mol. The molecule has 0 aliphatic rings. The topological polar surface area (TPSA) is 107 Å².